The van der Waals surface area contributed by atoms with Crippen LogP contribution in [-0.2, 0) is 26.2 Å². The maximum absolute atomic E-state index is 14.2. The van der Waals surface area contributed by atoms with Crippen LogP contribution in [0, 0.1) is 5.82 Å². The molecule has 0 aromatic heterocycles. The van der Waals surface area contributed by atoms with Crippen molar-refractivity contribution in [1.82, 2.24) is 10.2 Å². The van der Waals surface area contributed by atoms with E-state index in [-0.39, 0.29) is 41.2 Å². The predicted octanol–water partition coefficient (Wildman–Crippen LogP) is 4.77. The highest BCUT2D eigenvalue weighted by Gasteiger charge is 2.34. The molecule has 0 aliphatic rings. The summed E-state index contributed by atoms with van der Waals surface area (Å²) in [4.78, 5) is 28.8. The third-order valence-corrected chi connectivity index (χ3v) is 9.01. The minimum Gasteiger partial charge on any atom is -0.497 e. The fourth-order valence-electron chi connectivity index (χ4n) is 4.53. The van der Waals surface area contributed by atoms with Gasteiger partial charge in [-0.25, -0.2) is 12.8 Å². The van der Waals surface area contributed by atoms with Gasteiger partial charge in [0, 0.05) is 18.7 Å². The average molecular weight is 630 g/mol. The molecule has 3 aromatic carbocycles. The normalized spacial score (nSPS) is 12.5. The molecule has 44 heavy (non-hydrogen) atoms. The number of rotatable bonds is 15. The van der Waals surface area contributed by atoms with Gasteiger partial charge in [-0.15, -0.1) is 0 Å². The van der Waals surface area contributed by atoms with Gasteiger partial charge in [-0.05, 0) is 73.9 Å². The molecule has 0 heterocycles. The number of nitrogens with one attached hydrogen (secondary N) is 1. The van der Waals surface area contributed by atoms with E-state index in [0.717, 1.165) is 16.4 Å². The highest BCUT2D eigenvalue weighted by atomic mass is 32.2. The minimum atomic E-state index is -4.40. The van der Waals surface area contributed by atoms with Crippen molar-refractivity contribution < 1.29 is 36.6 Å². The number of benzene rings is 3. The van der Waals surface area contributed by atoms with Crippen LogP contribution in [0.25, 0.3) is 0 Å². The Kier molecular flexibility index (Phi) is 12.0. The fraction of sp³-hybridized carbons (Fsp3) is 0.375. The lowest BCUT2D eigenvalue weighted by Crippen LogP contribution is -2.53. The van der Waals surface area contributed by atoms with E-state index in [9.17, 15) is 22.4 Å². The maximum Gasteiger partial charge on any atom is 0.264 e. The molecule has 10 nitrogen and oxygen atoms in total. The van der Waals surface area contributed by atoms with Crippen molar-refractivity contribution in [2.24, 2.45) is 0 Å². The number of ether oxygens (including phenoxy) is 3. The van der Waals surface area contributed by atoms with Crippen LogP contribution in [0.15, 0.2) is 71.6 Å². The smallest absolute Gasteiger partial charge is 0.264 e. The number of nitrogens with zero attached hydrogens (tertiary/aromatic N) is 2. The Morgan fingerprint density at radius 2 is 1.50 bits per heavy atom. The van der Waals surface area contributed by atoms with E-state index >= 15 is 0 Å². The Labute approximate surface area is 258 Å². The first kappa shape index (κ1) is 34.2. The highest BCUT2D eigenvalue weighted by molar-refractivity contribution is 7.92. The van der Waals surface area contributed by atoms with Crippen LogP contribution >= 0.6 is 0 Å². The molecule has 0 bridgehead atoms. The number of methoxy groups -OCH3 is 3. The zero-order valence-electron chi connectivity index (χ0n) is 25.9. The van der Waals surface area contributed by atoms with E-state index in [1.165, 1.54) is 49.5 Å². The molecule has 12 heteroatoms. The van der Waals surface area contributed by atoms with Crippen LogP contribution in [0.2, 0.25) is 0 Å². The number of amides is 2. The third kappa shape index (κ3) is 8.19. The quantitative estimate of drug-likeness (QED) is 0.258. The Morgan fingerprint density at radius 3 is 2.05 bits per heavy atom. The number of carbonyl (C=O) groups is 2. The van der Waals surface area contributed by atoms with Crippen LogP contribution in [0.3, 0.4) is 0 Å². The SMILES string of the molecule is CC[C@H](C(=O)N[C@@H](C)CC)N(Cc1ccc(OC)cc1)C(=O)CN(c1ccc(F)cc1)S(=O)(=O)c1ccc(OC)c(OC)c1. The first-order chi connectivity index (χ1) is 21.0. The van der Waals surface area contributed by atoms with Crippen molar-refractivity contribution in [3.63, 3.8) is 0 Å². The van der Waals surface area contributed by atoms with Gasteiger partial charge >= 0.3 is 0 Å². The summed E-state index contributed by atoms with van der Waals surface area (Å²) in [5.74, 6) is -0.429. The molecule has 3 rings (SSSR count). The lowest BCUT2D eigenvalue weighted by Gasteiger charge is -2.33. The molecule has 2 amide bonds. The van der Waals surface area contributed by atoms with Crippen LogP contribution in [0.1, 0.15) is 39.2 Å². The molecule has 0 fully saturated rings. The molecule has 3 aromatic rings. The van der Waals surface area contributed by atoms with Gasteiger partial charge in [-0.1, -0.05) is 26.0 Å². The Hall–Kier alpha value is -4.32. The standard InChI is InChI=1S/C32H40FN3O7S/c1-7-22(3)34-32(38)28(8-2)35(20-23-9-15-26(41-4)16-10-23)31(37)21-36(25-13-11-24(33)12-14-25)44(39,40)27-17-18-29(42-5)30(19-27)43-6/h9-19,22,28H,7-8,20-21H2,1-6H3,(H,34,38)/t22-,28+/m0/s1. The van der Waals surface area contributed by atoms with Crippen molar-refractivity contribution >= 4 is 27.5 Å². The second-order valence-corrected chi connectivity index (χ2v) is 12.0. The molecular formula is C32H40FN3O7S. The van der Waals surface area contributed by atoms with Gasteiger partial charge in [-0.2, -0.15) is 0 Å². The second kappa shape index (κ2) is 15.4. The second-order valence-electron chi connectivity index (χ2n) is 10.1. The summed E-state index contributed by atoms with van der Waals surface area (Å²) in [5.41, 5.74) is 0.779. The summed E-state index contributed by atoms with van der Waals surface area (Å²) in [7, 11) is -0.0562. The van der Waals surface area contributed by atoms with Crippen LogP contribution < -0.4 is 23.8 Å². The van der Waals surface area contributed by atoms with E-state index in [1.807, 2.05) is 13.8 Å². The topological polar surface area (TPSA) is 114 Å². The van der Waals surface area contributed by atoms with Crippen LogP contribution in [-0.4, -0.2) is 65.1 Å². The van der Waals surface area contributed by atoms with Gasteiger partial charge in [-0.3, -0.25) is 13.9 Å². The van der Waals surface area contributed by atoms with Crippen molar-refractivity contribution in [3.8, 4) is 17.2 Å². The summed E-state index contributed by atoms with van der Waals surface area (Å²) < 4.78 is 58.8. The van der Waals surface area contributed by atoms with E-state index in [2.05, 4.69) is 5.32 Å². The molecule has 0 radical (unpaired) electrons. The van der Waals surface area contributed by atoms with Gasteiger partial charge in [0.25, 0.3) is 10.0 Å². The number of hydrogen-bond acceptors (Lipinski definition) is 7. The molecule has 0 aliphatic heterocycles. The summed E-state index contributed by atoms with van der Waals surface area (Å²) in [6.45, 7) is 4.96. The number of hydrogen-bond donors (Lipinski definition) is 1. The van der Waals surface area contributed by atoms with Crippen molar-refractivity contribution in [3.05, 3.63) is 78.1 Å². The van der Waals surface area contributed by atoms with E-state index in [4.69, 9.17) is 14.2 Å². The number of halogens is 1. The average Bonchev–Trinajstić information content (AvgIpc) is 3.03. The highest BCUT2D eigenvalue weighted by Crippen LogP contribution is 2.32. The van der Waals surface area contributed by atoms with Gasteiger partial charge in [0.2, 0.25) is 11.8 Å². The summed E-state index contributed by atoms with van der Waals surface area (Å²) in [6, 6.07) is 14.9. The minimum absolute atomic E-state index is 0.0307. The van der Waals surface area contributed by atoms with Crippen LogP contribution in [0.5, 0.6) is 17.2 Å². The van der Waals surface area contributed by atoms with E-state index < -0.39 is 34.3 Å². The van der Waals surface area contributed by atoms with Crippen molar-refractivity contribution in [1.29, 1.82) is 0 Å². The molecule has 0 saturated heterocycles. The molecule has 0 spiro atoms. The molecule has 0 aliphatic carbocycles. The molecular weight excluding hydrogens is 589 g/mol. The lowest BCUT2D eigenvalue weighted by molar-refractivity contribution is -0.140. The molecule has 1 N–H and O–H groups in total. The maximum atomic E-state index is 14.2. The van der Waals surface area contributed by atoms with Crippen molar-refractivity contribution in [2.45, 2.75) is 57.1 Å². The largest absolute Gasteiger partial charge is 0.497 e. The molecule has 0 unspecified atom stereocenters. The third-order valence-electron chi connectivity index (χ3n) is 7.24. The van der Waals surface area contributed by atoms with Gasteiger partial charge in [0.15, 0.2) is 11.5 Å². The molecule has 238 valence electrons. The first-order valence-corrected chi connectivity index (χ1v) is 15.7. The molecule has 2 atom stereocenters. The summed E-state index contributed by atoms with van der Waals surface area (Å²) >= 11 is 0. The number of sulfonamides is 1. The Bertz CT molecular complexity index is 1520. The zero-order valence-corrected chi connectivity index (χ0v) is 26.7. The number of carbonyl (C=O) groups excluding carboxylic acids is 2. The Balaban J connectivity index is 2.09. The Morgan fingerprint density at radius 1 is 0.864 bits per heavy atom. The van der Waals surface area contributed by atoms with Crippen molar-refractivity contribution in [2.75, 3.05) is 32.2 Å². The van der Waals surface area contributed by atoms with Gasteiger partial charge < -0.3 is 24.4 Å². The van der Waals surface area contributed by atoms with E-state index in [0.29, 0.717) is 23.5 Å². The number of anilines is 1. The van der Waals surface area contributed by atoms with Crippen LogP contribution in [0.4, 0.5) is 10.1 Å². The van der Waals surface area contributed by atoms with Gasteiger partial charge in [0.1, 0.15) is 24.2 Å². The molecule has 0 saturated carbocycles. The zero-order chi connectivity index (χ0) is 32.4. The first-order valence-electron chi connectivity index (χ1n) is 14.2. The van der Waals surface area contributed by atoms with E-state index in [1.54, 1.807) is 38.3 Å². The fourth-order valence-corrected chi connectivity index (χ4v) is 5.96. The summed E-state index contributed by atoms with van der Waals surface area (Å²) in [5, 5.41) is 2.94. The van der Waals surface area contributed by atoms with Gasteiger partial charge in [0.05, 0.1) is 31.9 Å². The predicted molar refractivity (Wildman–Crippen MR) is 166 cm³/mol. The lowest BCUT2D eigenvalue weighted by atomic mass is 10.1. The summed E-state index contributed by atoms with van der Waals surface area (Å²) in [6.07, 6.45) is 0.972. The monoisotopic (exact) mass is 629 g/mol.